The molecule has 0 aromatic rings. The van der Waals surface area contributed by atoms with E-state index in [1.165, 1.54) is 148 Å². The lowest BCUT2D eigenvalue weighted by atomic mass is 9.97. The number of allylic oxidation sites excluding steroid dienone is 17. The fourth-order valence-corrected chi connectivity index (χ4v) is 11.2. The first-order valence-corrected chi connectivity index (χ1v) is 36.1. The molecule has 2 aliphatic rings. The van der Waals surface area contributed by atoms with Crippen LogP contribution in [0, 0.1) is 0 Å². The summed E-state index contributed by atoms with van der Waals surface area (Å²) in [5.74, 6) is -0.261. The molecule has 0 spiro atoms. The van der Waals surface area contributed by atoms with Gasteiger partial charge in [-0.05, 0) is 96.3 Å². The highest BCUT2D eigenvalue weighted by molar-refractivity contribution is 5.76. The molecule has 2 fully saturated rings. The maximum Gasteiger partial charge on any atom is 0.220 e. The van der Waals surface area contributed by atoms with E-state index in [1.54, 1.807) is 6.08 Å². The number of aliphatic hydroxyl groups is 8. The highest BCUT2D eigenvalue weighted by atomic mass is 16.7. The molecule has 12 atom stereocenters. The topological polar surface area (TPSA) is 228 Å². The fraction of sp³-hybridized carbons (Fsp3) is 0.750. The molecule has 0 radical (unpaired) electrons. The molecule has 90 heavy (non-hydrogen) atoms. The van der Waals surface area contributed by atoms with Crippen molar-refractivity contribution < 1.29 is 64.6 Å². The van der Waals surface area contributed by atoms with E-state index in [-0.39, 0.29) is 18.9 Å². The number of amides is 1. The lowest BCUT2D eigenvalue weighted by Crippen LogP contribution is -2.65. The van der Waals surface area contributed by atoms with E-state index in [0.29, 0.717) is 12.8 Å². The average molecular weight is 1270 g/mol. The van der Waals surface area contributed by atoms with Gasteiger partial charge in [-0.25, -0.2) is 0 Å². The Hall–Kier alpha value is -3.35. The van der Waals surface area contributed by atoms with Crippen molar-refractivity contribution >= 4 is 5.91 Å². The number of hydrogen-bond donors (Lipinski definition) is 9. The van der Waals surface area contributed by atoms with Gasteiger partial charge in [0.05, 0.1) is 32.0 Å². The maximum absolute atomic E-state index is 13.3. The highest BCUT2D eigenvalue weighted by Gasteiger charge is 2.51. The summed E-state index contributed by atoms with van der Waals surface area (Å²) in [5.41, 5.74) is 0. The molecule has 12 unspecified atom stereocenters. The Bertz CT molecular complexity index is 1930. The minimum Gasteiger partial charge on any atom is -0.394 e. The number of ether oxygens (including phenoxy) is 4. The monoisotopic (exact) mass is 1270 g/mol. The summed E-state index contributed by atoms with van der Waals surface area (Å²) in [6.07, 6.45) is 68.6. The van der Waals surface area contributed by atoms with Gasteiger partial charge in [-0.1, -0.05) is 277 Å². The van der Waals surface area contributed by atoms with Crippen LogP contribution in [0.1, 0.15) is 271 Å². The molecular formula is C76H131NO13. The van der Waals surface area contributed by atoms with Crippen LogP contribution in [0.25, 0.3) is 0 Å². The number of aliphatic hydroxyl groups excluding tert-OH is 8. The Labute approximate surface area is 546 Å². The molecule has 0 saturated carbocycles. The molecule has 0 aromatic carbocycles. The van der Waals surface area contributed by atoms with Crippen molar-refractivity contribution in [3.63, 3.8) is 0 Å². The molecule has 2 aliphatic heterocycles. The predicted octanol–water partition coefficient (Wildman–Crippen LogP) is 15.1. The zero-order chi connectivity index (χ0) is 65.2. The van der Waals surface area contributed by atoms with Crippen LogP contribution in [0.3, 0.4) is 0 Å². The summed E-state index contributed by atoms with van der Waals surface area (Å²) < 4.78 is 22.8. The SMILES string of the molecule is CC/C=C\C/C=C\C/C=C\C/C=C\C/C=C\C/C=C\CCCCCCCCCCCCC(=O)NC(COC1OC(CO)C(OC2OC(CO)C(O)C(O)C2O)C(O)C1O)C(O)/C=C/CC/C=C/CC/C=C/CCCCCCCCCCCCCCCCCCC. The van der Waals surface area contributed by atoms with Gasteiger partial charge < -0.3 is 65.1 Å². The summed E-state index contributed by atoms with van der Waals surface area (Å²) in [5, 5.41) is 87.5. The molecule has 9 N–H and O–H groups in total. The zero-order valence-electron chi connectivity index (χ0n) is 56.3. The highest BCUT2D eigenvalue weighted by Crippen LogP contribution is 2.30. The summed E-state index contributed by atoms with van der Waals surface area (Å²) in [6, 6.07) is -0.950. The summed E-state index contributed by atoms with van der Waals surface area (Å²) in [6.45, 7) is 2.68. The molecular weight excluding hydrogens is 1130 g/mol. The van der Waals surface area contributed by atoms with Crippen molar-refractivity contribution in [3.05, 3.63) is 109 Å². The summed E-state index contributed by atoms with van der Waals surface area (Å²) in [7, 11) is 0. The maximum atomic E-state index is 13.3. The van der Waals surface area contributed by atoms with Crippen molar-refractivity contribution in [1.29, 1.82) is 0 Å². The van der Waals surface area contributed by atoms with E-state index in [0.717, 1.165) is 89.9 Å². The third-order valence-corrected chi connectivity index (χ3v) is 16.9. The molecule has 0 bridgehead atoms. The number of hydrogen-bond acceptors (Lipinski definition) is 13. The van der Waals surface area contributed by atoms with Crippen molar-refractivity contribution in [3.8, 4) is 0 Å². The van der Waals surface area contributed by atoms with Gasteiger partial charge in [-0.2, -0.15) is 0 Å². The van der Waals surface area contributed by atoms with Gasteiger partial charge in [0.15, 0.2) is 12.6 Å². The lowest BCUT2D eigenvalue weighted by Gasteiger charge is -2.46. The third-order valence-electron chi connectivity index (χ3n) is 16.9. The van der Waals surface area contributed by atoms with Gasteiger partial charge in [-0.15, -0.1) is 0 Å². The number of carbonyl (C=O) groups excluding carboxylic acids is 1. The van der Waals surface area contributed by atoms with Gasteiger partial charge in [0.25, 0.3) is 0 Å². The van der Waals surface area contributed by atoms with Crippen molar-refractivity contribution in [1.82, 2.24) is 5.32 Å². The predicted molar refractivity (Wildman–Crippen MR) is 369 cm³/mol. The van der Waals surface area contributed by atoms with Crippen LogP contribution in [-0.4, -0.2) is 140 Å². The first-order valence-electron chi connectivity index (χ1n) is 36.1. The number of rotatable bonds is 58. The second kappa shape index (κ2) is 59.4. The van der Waals surface area contributed by atoms with Gasteiger partial charge in [0.2, 0.25) is 5.91 Å². The third kappa shape index (κ3) is 42.8. The summed E-state index contributed by atoms with van der Waals surface area (Å²) >= 11 is 0. The van der Waals surface area contributed by atoms with Crippen LogP contribution >= 0.6 is 0 Å². The van der Waals surface area contributed by atoms with E-state index in [4.69, 9.17) is 18.9 Å². The van der Waals surface area contributed by atoms with Gasteiger partial charge in [-0.3, -0.25) is 4.79 Å². The Morgan fingerprint density at radius 3 is 1.22 bits per heavy atom. The average Bonchev–Trinajstić information content (AvgIpc) is 1.26. The molecule has 0 aromatic heterocycles. The number of unbranched alkanes of at least 4 members (excludes halogenated alkanes) is 29. The molecule has 1 amide bonds. The van der Waals surface area contributed by atoms with E-state index >= 15 is 0 Å². The lowest BCUT2D eigenvalue weighted by molar-refractivity contribution is -0.359. The van der Waals surface area contributed by atoms with Crippen LogP contribution in [0.2, 0.25) is 0 Å². The van der Waals surface area contributed by atoms with Crippen LogP contribution in [0.4, 0.5) is 0 Å². The molecule has 0 aliphatic carbocycles. The molecule has 14 heteroatoms. The molecule has 2 heterocycles. The van der Waals surface area contributed by atoms with E-state index < -0.39 is 86.8 Å². The van der Waals surface area contributed by atoms with Gasteiger partial charge >= 0.3 is 0 Å². The normalized spacial score (nSPS) is 23.6. The summed E-state index contributed by atoms with van der Waals surface area (Å²) in [4.78, 5) is 13.3. The first kappa shape index (κ1) is 82.7. The Morgan fingerprint density at radius 2 is 0.778 bits per heavy atom. The Kier molecular flexibility index (Phi) is 54.6. The number of nitrogens with one attached hydrogen (secondary N) is 1. The second-order valence-electron chi connectivity index (χ2n) is 25.0. The van der Waals surface area contributed by atoms with E-state index in [2.05, 4.69) is 116 Å². The molecule has 2 saturated heterocycles. The van der Waals surface area contributed by atoms with Crippen molar-refractivity contribution in [2.24, 2.45) is 0 Å². The first-order chi connectivity index (χ1) is 44.1. The van der Waals surface area contributed by atoms with E-state index in [1.807, 2.05) is 6.08 Å². The minimum absolute atomic E-state index is 0.258. The quantitative estimate of drug-likeness (QED) is 0.0204. The molecule has 518 valence electrons. The second-order valence-corrected chi connectivity index (χ2v) is 25.0. The van der Waals surface area contributed by atoms with Crippen LogP contribution in [0.15, 0.2) is 109 Å². The standard InChI is InChI=1S/C76H131NO13/c1-3-5-7-9-11-13-15-17-19-21-23-25-27-29-31-32-34-36-38-40-42-44-46-48-50-52-54-56-58-60-68(81)77-64(63-87-75-73(86)71(84)74(67(62-79)89-75)90-76-72(85)70(83)69(82)66(61-78)88-76)65(80)59-57-55-53-51-49-47-45-43-41-39-37-35-33-30-28-26-24-22-20-18-16-14-12-10-8-6-4-2/h5,7,11,13,17,19,23,25,29,31,34,36,41,43,49,51,57,59,64-67,69-76,78-80,82-86H,3-4,6,8-10,12,14-16,18,20-22,24,26-28,30,32-33,35,37-40,42,44-48,50,52-56,58,60-63H2,1-2H3,(H,77,81)/b7-5-,13-11-,19-17-,25-23-,31-29-,36-34-,43-41+,51-49+,59-57+. The van der Waals surface area contributed by atoms with Crippen LogP contribution in [0.5, 0.6) is 0 Å². The molecule has 2 rings (SSSR count). The minimum atomic E-state index is -1.80. The Morgan fingerprint density at radius 1 is 0.411 bits per heavy atom. The molecule has 14 nitrogen and oxygen atoms in total. The fourth-order valence-electron chi connectivity index (χ4n) is 11.2. The number of carbonyl (C=O) groups is 1. The van der Waals surface area contributed by atoms with E-state index in [9.17, 15) is 45.6 Å². The van der Waals surface area contributed by atoms with Crippen molar-refractivity contribution in [2.45, 2.75) is 344 Å². The largest absolute Gasteiger partial charge is 0.394 e. The van der Waals surface area contributed by atoms with Crippen LogP contribution in [-0.2, 0) is 23.7 Å². The van der Waals surface area contributed by atoms with Gasteiger partial charge in [0, 0.05) is 6.42 Å². The smallest absolute Gasteiger partial charge is 0.220 e. The Balaban J connectivity index is 1.71. The zero-order valence-corrected chi connectivity index (χ0v) is 56.3. The van der Waals surface area contributed by atoms with Gasteiger partial charge in [0.1, 0.15) is 48.8 Å². The van der Waals surface area contributed by atoms with Crippen LogP contribution < -0.4 is 5.32 Å². The van der Waals surface area contributed by atoms with Crippen molar-refractivity contribution in [2.75, 3.05) is 19.8 Å².